The quantitative estimate of drug-likeness (QED) is 0.111. The number of primary amides is 1. The molecule has 45 heavy (non-hydrogen) atoms. The summed E-state index contributed by atoms with van der Waals surface area (Å²) in [5, 5.41) is 3.24. The number of carbonyl (C=O) groups is 2. The number of fused-ring (bicyclic) bond motifs is 1. The number of benzene rings is 2. The predicted octanol–water partition coefficient (Wildman–Crippen LogP) is 6.03. The fourth-order valence-corrected chi connectivity index (χ4v) is 5.97. The Morgan fingerprint density at radius 2 is 1.91 bits per heavy atom. The lowest BCUT2D eigenvalue weighted by Crippen LogP contribution is -2.30. The van der Waals surface area contributed by atoms with Gasteiger partial charge in [0.15, 0.2) is 5.75 Å². The van der Waals surface area contributed by atoms with Crippen molar-refractivity contribution in [3.05, 3.63) is 68.3 Å². The molecule has 2 saturated carbocycles. The number of amides is 2. The van der Waals surface area contributed by atoms with Gasteiger partial charge in [-0.3, -0.25) is 14.6 Å². The van der Waals surface area contributed by atoms with Crippen LogP contribution in [-0.2, 0) is 4.79 Å². The van der Waals surface area contributed by atoms with E-state index in [-0.39, 0.29) is 52.9 Å². The highest BCUT2D eigenvalue weighted by Crippen LogP contribution is 2.51. The summed E-state index contributed by atoms with van der Waals surface area (Å²) in [7, 11) is 1.50. The minimum absolute atomic E-state index is 0.0256. The summed E-state index contributed by atoms with van der Waals surface area (Å²) in [6, 6.07) is 5.55. The molecule has 1 aromatic heterocycles. The molecule has 2 unspecified atom stereocenters. The van der Waals surface area contributed by atoms with Crippen molar-refractivity contribution in [2.24, 2.45) is 16.6 Å². The summed E-state index contributed by atoms with van der Waals surface area (Å²) in [6.45, 7) is 2.56. The number of aliphatic imine (C=N–C) groups is 1. The summed E-state index contributed by atoms with van der Waals surface area (Å²) in [6.07, 6.45) is 5.90. The highest BCUT2D eigenvalue weighted by atomic mass is 35.5. The molecular weight excluding hydrogens is 627 g/mol. The molecule has 1 aliphatic heterocycles. The van der Waals surface area contributed by atoms with E-state index in [0.717, 1.165) is 37.3 Å². The number of carbonyl (C=O) groups excluding carboxylic acids is 2. The van der Waals surface area contributed by atoms with Crippen molar-refractivity contribution in [3.63, 3.8) is 0 Å². The van der Waals surface area contributed by atoms with Gasteiger partial charge in [0.05, 0.1) is 41.2 Å². The number of pyridine rings is 1. The van der Waals surface area contributed by atoms with Crippen molar-refractivity contribution in [1.82, 2.24) is 10.3 Å². The average molecular weight is 661 g/mol. The molecule has 2 atom stereocenters. The number of anilines is 1. The van der Waals surface area contributed by atoms with Gasteiger partial charge in [-0.1, -0.05) is 30.1 Å². The van der Waals surface area contributed by atoms with Crippen molar-refractivity contribution in [1.29, 1.82) is 0 Å². The standard InChI is InChI=1S/C31H30Cl2F2N4O3.CH3NO/c1-14-13-42-30-25(14)26(33)28(39-29(30)19-9-21(32)23(35)10-22(19)34)20(15-3-4-15)12-38-31(40)16-7-17(11-37-18-5-6-18)27(36)24(8-16)41-2;2-1-3/h7-11,14-15,18,20H,3-6,12-13,36H2,1-2H3,(H,38,40);1H,(H2,2,3). The van der Waals surface area contributed by atoms with Crippen molar-refractivity contribution in [3.8, 4) is 22.8 Å². The summed E-state index contributed by atoms with van der Waals surface area (Å²) >= 11 is 13.0. The Balaban J connectivity index is 0.00000128. The van der Waals surface area contributed by atoms with Crippen LogP contribution in [0.15, 0.2) is 29.3 Å². The normalized spacial score (nSPS) is 17.6. The van der Waals surface area contributed by atoms with Crippen molar-refractivity contribution in [2.75, 3.05) is 26.0 Å². The van der Waals surface area contributed by atoms with E-state index in [1.165, 1.54) is 13.2 Å². The molecule has 6 rings (SSSR count). The van der Waals surface area contributed by atoms with Gasteiger partial charge in [-0.15, -0.1) is 0 Å². The molecule has 238 valence electrons. The molecular formula is C32H33Cl2F2N5O4. The Kier molecular flexibility index (Phi) is 9.79. The zero-order chi connectivity index (χ0) is 32.4. The van der Waals surface area contributed by atoms with Gasteiger partial charge >= 0.3 is 0 Å². The lowest BCUT2D eigenvalue weighted by Gasteiger charge is -2.22. The Morgan fingerprint density at radius 1 is 1.20 bits per heavy atom. The molecule has 2 heterocycles. The molecule has 0 bridgehead atoms. The number of nitrogens with one attached hydrogen (secondary N) is 1. The molecule has 0 saturated heterocycles. The van der Waals surface area contributed by atoms with Crippen molar-refractivity contribution >= 4 is 47.4 Å². The molecule has 3 aliphatic rings. The van der Waals surface area contributed by atoms with Gasteiger partial charge in [0, 0.05) is 52.9 Å². The van der Waals surface area contributed by atoms with Crippen LogP contribution in [-0.4, -0.2) is 49.8 Å². The topological polar surface area (TPSA) is 142 Å². The molecule has 13 heteroatoms. The smallest absolute Gasteiger partial charge is 0.251 e. The van der Waals surface area contributed by atoms with E-state index in [2.05, 4.69) is 16.0 Å². The Labute approximate surface area is 269 Å². The van der Waals surface area contributed by atoms with Gasteiger partial charge in [0.2, 0.25) is 6.41 Å². The second-order valence-corrected chi connectivity index (χ2v) is 12.1. The largest absolute Gasteiger partial charge is 0.495 e. The molecule has 2 amide bonds. The minimum Gasteiger partial charge on any atom is -0.495 e. The molecule has 2 aliphatic carbocycles. The molecule has 0 radical (unpaired) electrons. The van der Waals surface area contributed by atoms with Gasteiger partial charge in [0.25, 0.3) is 5.91 Å². The highest BCUT2D eigenvalue weighted by molar-refractivity contribution is 6.32. The van der Waals surface area contributed by atoms with Crippen LogP contribution in [0.2, 0.25) is 10.0 Å². The number of ether oxygens (including phenoxy) is 2. The summed E-state index contributed by atoms with van der Waals surface area (Å²) in [5.41, 5.74) is 13.3. The third-order valence-electron chi connectivity index (χ3n) is 8.04. The third kappa shape index (κ3) is 6.99. The van der Waals surface area contributed by atoms with Crippen LogP contribution in [0.4, 0.5) is 14.5 Å². The van der Waals surface area contributed by atoms with E-state index in [1.807, 2.05) is 6.92 Å². The Hall–Kier alpha value is -3.96. The van der Waals surface area contributed by atoms with E-state index in [0.29, 0.717) is 51.7 Å². The third-order valence-corrected chi connectivity index (χ3v) is 8.73. The minimum atomic E-state index is -0.863. The lowest BCUT2D eigenvalue weighted by molar-refractivity contribution is -0.106. The van der Waals surface area contributed by atoms with E-state index < -0.39 is 11.6 Å². The molecule has 5 N–H and O–H groups in total. The van der Waals surface area contributed by atoms with Crippen LogP contribution < -0.4 is 26.3 Å². The monoisotopic (exact) mass is 659 g/mol. The summed E-state index contributed by atoms with van der Waals surface area (Å²) < 4.78 is 40.3. The summed E-state index contributed by atoms with van der Waals surface area (Å²) in [5.74, 6) is -1.32. The maximum atomic E-state index is 15.0. The number of halogens is 4. The zero-order valence-corrected chi connectivity index (χ0v) is 26.2. The van der Waals surface area contributed by atoms with Gasteiger partial charge in [-0.25, -0.2) is 13.8 Å². The number of nitrogens with two attached hydrogens (primary N) is 2. The molecule has 0 spiro atoms. The fourth-order valence-electron chi connectivity index (χ4n) is 5.35. The van der Waals surface area contributed by atoms with Crippen molar-refractivity contribution in [2.45, 2.75) is 50.5 Å². The molecule has 9 nitrogen and oxygen atoms in total. The Bertz CT molecular complexity index is 1660. The van der Waals surface area contributed by atoms with Crippen LogP contribution in [0.25, 0.3) is 11.3 Å². The SMILES string of the molecule is COc1cc(C(=O)NCC(c2nc(-c3cc(Cl)c(F)cc3F)c3c(c2Cl)C(C)CO3)C2CC2)cc(C=NC2CC2)c1N.NC=O. The maximum Gasteiger partial charge on any atom is 0.251 e. The van der Waals surface area contributed by atoms with E-state index in [1.54, 1.807) is 18.3 Å². The molecule has 2 aromatic carbocycles. The lowest BCUT2D eigenvalue weighted by atomic mass is 9.92. The number of hydrogen-bond donors (Lipinski definition) is 3. The molecule has 2 fully saturated rings. The van der Waals surface area contributed by atoms with Crippen LogP contribution in [0, 0.1) is 17.6 Å². The second-order valence-electron chi connectivity index (χ2n) is 11.3. The fraction of sp³-hybridized carbons (Fsp3) is 0.375. The van der Waals surface area contributed by atoms with E-state index in [4.69, 9.17) is 48.2 Å². The van der Waals surface area contributed by atoms with Crippen LogP contribution >= 0.6 is 23.2 Å². The maximum absolute atomic E-state index is 15.0. The van der Waals surface area contributed by atoms with Gasteiger partial charge < -0.3 is 26.3 Å². The van der Waals surface area contributed by atoms with E-state index >= 15 is 4.39 Å². The van der Waals surface area contributed by atoms with Gasteiger partial charge in [0.1, 0.15) is 23.1 Å². The number of hydrogen-bond acceptors (Lipinski definition) is 7. The average Bonchev–Trinajstić information content (AvgIpc) is 3.95. The number of nitrogen functional groups attached to an aromatic ring is 1. The second kappa shape index (κ2) is 13.6. The first-order valence-electron chi connectivity index (χ1n) is 14.5. The van der Waals surface area contributed by atoms with Gasteiger partial charge in [-0.05, 0) is 49.8 Å². The number of aromatic nitrogens is 1. The number of rotatable bonds is 9. The first-order chi connectivity index (χ1) is 21.6. The van der Waals surface area contributed by atoms with Crippen LogP contribution in [0.1, 0.15) is 71.6 Å². The number of nitrogens with zero attached hydrogens (tertiary/aromatic N) is 2. The van der Waals surface area contributed by atoms with E-state index in [9.17, 15) is 9.18 Å². The van der Waals surface area contributed by atoms with Crippen LogP contribution in [0.3, 0.4) is 0 Å². The van der Waals surface area contributed by atoms with Crippen LogP contribution in [0.5, 0.6) is 11.5 Å². The molecule has 3 aromatic rings. The predicted molar refractivity (Wildman–Crippen MR) is 170 cm³/mol. The first-order valence-corrected chi connectivity index (χ1v) is 15.3. The zero-order valence-electron chi connectivity index (χ0n) is 24.7. The summed E-state index contributed by atoms with van der Waals surface area (Å²) in [4.78, 5) is 31.3. The Morgan fingerprint density at radius 3 is 2.56 bits per heavy atom. The number of methoxy groups -OCH3 is 1. The first kappa shape index (κ1) is 32.4. The van der Waals surface area contributed by atoms with Crippen molar-refractivity contribution < 1.29 is 27.8 Å². The van der Waals surface area contributed by atoms with Gasteiger partial charge in [-0.2, -0.15) is 0 Å². The highest BCUT2D eigenvalue weighted by Gasteiger charge is 2.39.